The van der Waals surface area contributed by atoms with Crippen molar-refractivity contribution >= 4 is 17.5 Å². The van der Waals surface area contributed by atoms with Gasteiger partial charge in [-0.1, -0.05) is 6.42 Å². The molecular formula is C21H32N4O2. The maximum Gasteiger partial charge on any atom is 0.253 e. The van der Waals surface area contributed by atoms with Crippen LogP contribution >= 0.6 is 0 Å². The van der Waals surface area contributed by atoms with E-state index in [9.17, 15) is 9.59 Å². The van der Waals surface area contributed by atoms with Crippen molar-refractivity contribution in [1.29, 1.82) is 0 Å². The van der Waals surface area contributed by atoms with Crippen molar-refractivity contribution in [3.63, 3.8) is 0 Å². The van der Waals surface area contributed by atoms with E-state index in [1.54, 1.807) is 24.3 Å². The molecule has 1 saturated heterocycles. The summed E-state index contributed by atoms with van der Waals surface area (Å²) in [5.74, 6) is 0.317. The van der Waals surface area contributed by atoms with Gasteiger partial charge >= 0.3 is 0 Å². The van der Waals surface area contributed by atoms with Crippen LogP contribution < -0.4 is 11.1 Å². The Morgan fingerprint density at radius 1 is 1.19 bits per heavy atom. The van der Waals surface area contributed by atoms with Gasteiger partial charge in [0, 0.05) is 43.3 Å². The number of carbonyl (C=O) groups is 2. The molecule has 1 aliphatic heterocycles. The number of likely N-dealkylation sites (N-methyl/N-ethyl adjacent to an activating group) is 2. The highest BCUT2D eigenvalue weighted by Gasteiger charge is 2.27. The van der Waals surface area contributed by atoms with Gasteiger partial charge in [0.1, 0.15) is 0 Å². The normalized spacial score (nSPS) is 26.0. The van der Waals surface area contributed by atoms with Crippen LogP contribution in [0.1, 0.15) is 48.9 Å². The quantitative estimate of drug-likeness (QED) is 0.831. The molecule has 0 spiro atoms. The van der Waals surface area contributed by atoms with Crippen molar-refractivity contribution in [1.82, 2.24) is 9.80 Å². The third kappa shape index (κ3) is 5.08. The molecule has 3 rings (SSSR count). The summed E-state index contributed by atoms with van der Waals surface area (Å²) in [6, 6.07) is 7.60. The molecule has 6 heteroatoms. The average Bonchev–Trinajstić information content (AvgIpc) is 3.05. The fourth-order valence-corrected chi connectivity index (χ4v) is 4.29. The summed E-state index contributed by atoms with van der Waals surface area (Å²) >= 11 is 0. The van der Waals surface area contributed by atoms with Crippen molar-refractivity contribution in [2.24, 2.45) is 11.7 Å². The molecule has 1 aromatic rings. The highest BCUT2D eigenvalue weighted by atomic mass is 16.2. The number of carbonyl (C=O) groups excluding carboxylic acids is 2. The third-order valence-electron chi connectivity index (χ3n) is 6.05. The van der Waals surface area contributed by atoms with Crippen LogP contribution in [0.5, 0.6) is 0 Å². The summed E-state index contributed by atoms with van der Waals surface area (Å²) in [5.41, 5.74) is 7.43. The van der Waals surface area contributed by atoms with Gasteiger partial charge in [0.2, 0.25) is 5.91 Å². The van der Waals surface area contributed by atoms with Gasteiger partial charge < -0.3 is 20.9 Å². The number of nitrogens with two attached hydrogens (primary N) is 1. The Morgan fingerprint density at radius 2 is 1.93 bits per heavy atom. The second-order valence-corrected chi connectivity index (χ2v) is 8.16. The van der Waals surface area contributed by atoms with E-state index in [0.29, 0.717) is 12.0 Å². The molecule has 1 aromatic carbocycles. The highest BCUT2D eigenvalue weighted by molar-refractivity contribution is 5.96. The van der Waals surface area contributed by atoms with E-state index < -0.39 is 0 Å². The monoisotopic (exact) mass is 372 g/mol. The first-order valence-electron chi connectivity index (χ1n) is 10.0. The number of nitrogens with zero attached hydrogens (tertiary/aromatic N) is 2. The number of hydrogen-bond donors (Lipinski definition) is 2. The Morgan fingerprint density at radius 3 is 2.56 bits per heavy atom. The summed E-state index contributed by atoms with van der Waals surface area (Å²) in [5, 5.41) is 2.93. The first-order chi connectivity index (χ1) is 12.9. The Kier molecular flexibility index (Phi) is 6.50. The predicted octanol–water partition coefficient (Wildman–Crippen LogP) is 2.31. The minimum atomic E-state index is -0.00112. The molecule has 3 N–H and O–H groups in total. The van der Waals surface area contributed by atoms with E-state index in [2.05, 4.69) is 17.3 Å². The van der Waals surface area contributed by atoms with Crippen LogP contribution in [0.25, 0.3) is 0 Å². The predicted molar refractivity (Wildman–Crippen MR) is 108 cm³/mol. The summed E-state index contributed by atoms with van der Waals surface area (Å²) in [6.07, 6.45) is 5.79. The van der Waals surface area contributed by atoms with Crippen molar-refractivity contribution in [3.8, 4) is 0 Å². The zero-order valence-corrected chi connectivity index (χ0v) is 16.5. The number of piperidine rings is 1. The Labute approximate surface area is 162 Å². The van der Waals surface area contributed by atoms with Gasteiger partial charge in [0.05, 0.1) is 0 Å². The summed E-state index contributed by atoms with van der Waals surface area (Å²) in [7, 11) is 3.98. The molecule has 1 saturated carbocycles. The second kappa shape index (κ2) is 8.85. The summed E-state index contributed by atoms with van der Waals surface area (Å²) in [6.45, 7) is 2.01. The molecule has 2 fully saturated rings. The standard InChI is InChI=1S/C21H32N4O2/c1-24-12-4-6-18(14-24)25(2)21(27)15-8-10-17(11-9-15)23-20(26)13-16-5-3-7-19(16)22/h8-11,16,18-19H,3-7,12-14,22H2,1-2H3,(H,23,26)/t16-,18?,19+/m0/s1. The van der Waals surface area contributed by atoms with Gasteiger partial charge in [-0.25, -0.2) is 0 Å². The maximum atomic E-state index is 12.8. The molecule has 0 aromatic heterocycles. The van der Waals surface area contributed by atoms with Crippen LogP contribution in [0.3, 0.4) is 0 Å². The molecule has 1 unspecified atom stereocenters. The van der Waals surface area contributed by atoms with Crippen LogP contribution in [0.2, 0.25) is 0 Å². The van der Waals surface area contributed by atoms with Crippen LogP contribution in [0.15, 0.2) is 24.3 Å². The maximum absolute atomic E-state index is 12.8. The fourth-order valence-electron chi connectivity index (χ4n) is 4.29. The van der Waals surface area contributed by atoms with Crippen LogP contribution in [-0.2, 0) is 4.79 Å². The first-order valence-corrected chi connectivity index (χ1v) is 10.0. The van der Waals surface area contributed by atoms with E-state index in [0.717, 1.165) is 50.9 Å². The highest BCUT2D eigenvalue weighted by Crippen LogP contribution is 2.27. The van der Waals surface area contributed by atoms with Gasteiger partial charge in [-0.3, -0.25) is 9.59 Å². The molecule has 1 aliphatic carbocycles. The first kappa shape index (κ1) is 19.8. The minimum absolute atomic E-state index is 0.00112. The number of amides is 2. The number of likely N-dealkylation sites (tertiary alicyclic amines) is 1. The molecule has 3 atom stereocenters. The molecule has 27 heavy (non-hydrogen) atoms. The SMILES string of the molecule is CN1CCCC(N(C)C(=O)c2ccc(NC(=O)C[C@@H]3CCC[C@H]3N)cc2)C1. The largest absolute Gasteiger partial charge is 0.337 e. The van der Waals surface area contributed by atoms with Gasteiger partial charge in [0.25, 0.3) is 5.91 Å². The zero-order valence-electron chi connectivity index (χ0n) is 16.5. The van der Waals surface area contributed by atoms with Crippen LogP contribution in [0.4, 0.5) is 5.69 Å². The van der Waals surface area contributed by atoms with Gasteiger partial charge in [0.15, 0.2) is 0 Å². The lowest BCUT2D eigenvalue weighted by atomic mass is 10.00. The Bertz CT molecular complexity index is 661. The van der Waals surface area contributed by atoms with Crippen molar-refractivity contribution in [2.45, 2.75) is 50.6 Å². The molecule has 0 radical (unpaired) electrons. The van der Waals surface area contributed by atoms with E-state index >= 15 is 0 Å². The third-order valence-corrected chi connectivity index (χ3v) is 6.05. The van der Waals surface area contributed by atoms with Crippen LogP contribution in [0, 0.1) is 5.92 Å². The van der Waals surface area contributed by atoms with E-state index in [-0.39, 0.29) is 29.8 Å². The minimum Gasteiger partial charge on any atom is -0.337 e. The Balaban J connectivity index is 1.54. The lowest BCUT2D eigenvalue weighted by Crippen LogP contribution is -2.47. The number of rotatable bonds is 5. The van der Waals surface area contributed by atoms with Crippen molar-refractivity contribution < 1.29 is 9.59 Å². The molecule has 0 bridgehead atoms. The molecular weight excluding hydrogens is 340 g/mol. The van der Waals surface area contributed by atoms with Crippen molar-refractivity contribution in [3.05, 3.63) is 29.8 Å². The van der Waals surface area contributed by atoms with Gasteiger partial charge in [-0.05, 0) is 69.5 Å². The average molecular weight is 373 g/mol. The van der Waals surface area contributed by atoms with E-state index in [1.165, 1.54) is 0 Å². The number of anilines is 1. The van der Waals surface area contributed by atoms with E-state index in [4.69, 9.17) is 5.73 Å². The molecule has 148 valence electrons. The van der Waals surface area contributed by atoms with Crippen molar-refractivity contribution in [2.75, 3.05) is 32.5 Å². The number of hydrogen-bond acceptors (Lipinski definition) is 4. The lowest BCUT2D eigenvalue weighted by Gasteiger charge is -2.35. The Hall–Kier alpha value is -1.92. The zero-order chi connectivity index (χ0) is 19.4. The molecule has 2 amide bonds. The second-order valence-electron chi connectivity index (χ2n) is 8.16. The molecule has 6 nitrogen and oxygen atoms in total. The van der Waals surface area contributed by atoms with Gasteiger partial charge in [-0.15, -0.1) is 0 Å². The van der Waals surface area contributed by atoms with Gasteiger partial charge in [-0.2, -0.15) is 0 Å². The summed E-state index contributed by atoms with van der Waals surface area (Å²) < 4.78 is 0. The smallest absolute Gasteiger partial charge is 0.253 e. The topological polar surface area (TPSA) is 78.7 Å². The van der Waals surface area contributed by atoms with E-state index in [1.807, 2.05) is 11.9 Å². The lowest BCUT2D eigenvalue weighted by molar-refractivity contribution is -0.117. The summed E-state index contributed by atoms with van der Waals surface area (Å²) in [4.78, 5) is 29.1. The van der Waals surface area contributed by atoms with Crippen LogP contribution in [-0.4, -0.2) is 60.9 Å². The molecule has 1 heterocycles. The number of benzene rings is 1. The number of nitrogens with one attached hydrogen (secondary N) is 1. The fraction of sp³-hybridized carbons (Fsp3) is 0.619. The molecule has 2 aliphatic rings.